The molecule has 0 saturated heterocycles. The summed E-state index contributed by atoms with van der Waals surface area (Å²) >= 11 is 13.2. The number of halogens is 1. The third kappa shape index (κ3) is 2.58. The van der Waals surface area contributed by atoms with Gasteiger partial charge >= 0.3 is 0 Å². The molecule has 0 saturated carbocycles. The van der Waals surface area contributed by atoms with E-state index in [0.717, 1.165) is 26.3 Å². The molecule has 0 radical (unpaired) electrons. The minimum atomic E-state index is 0.328. The van der Waals surface area contributed by atoms with E-state index in [1.54, 1.807) is 18.9 Å². The molecule has 2 aromatic rings. The van der Waals surface area contributed by atoms with Crippen LogP contribution in [0.2, 0.25) is 5.02 Å². The largest absolute Gasteiger partial charge is 0.497 e. The third-order valence-electron chi connectivity index (χ3n) is 3.51. The quantitative estimate of drug-likeness (QED) is 0.728. The molecule has 1 heterocycles. The van der Waals surface area contributed by atoms with Gasteiger partial charge in [0.2, 0.25) is 0 Å². The van der Waals surface area contributed by atoms with Gasteiger partial charge in [-0.05, 0) is 41.5 Å². The fraction of sp³-hybridized carbons (Fsp3) is 0.188. The lowest BCUT2D eigenvalue weighted by Gasteiger charge is -2.26. The molecule has 0 spiro atoms. The lowest BCUT2D eigenvalue weighted by Crippen LogP contribution is -2.16. The average molecular weight is 321 g/mol. The van der Waals surface area contributed by atoms with Crippen molar-refractivity contribution in [3.63, 3.8) is 0 Å². The zero-order chi connectivity index (χ0) is 14.1. The van der Waals surface area contributed by atoms with Crippen LogP contribution in [0.3, 0.4) is 0 Å². The summed E-state index contributed by atoms with van der Waals surface area (Å²) in [4.78, 5) is 0. The molecule has 0 amide bonds. The zero-order valence-electron chi connectivity index (χ0n) is 10.9. The molecular weight excluding hydrogens is 308 g/mol. The van der Waals surface area contributed by atoms with Gasteiger partial charge in [0, 0.05) is 22.3 Å². The molecule has 0 N–H and O–H groups in total. The Bertz CT molecular complexity index is 652. The smallest absolute Gasteiger partial charge is 0.119 e. The van der Waals surface area contributed by atoms with Crippen molar-refractivity contribution >= 4 is 39.8 Å². The highest BCUT2D eigenvalue weighted by atomic mass is 35.5. The third-order valence-corrected chi connectivity index (χ3v) is 5.32. The summed E-state index contributed by atoms with van der Waals surface area (Å²) in [5, 5.41) is 0.763. The van der Waals surface area contributed by atoms with Gasteiger partial charge in [-0.3, -0.25) is 0 Å². The van der Waals surface area contributed by atoms with E-state index < -0.39 is 0 Å². The number of methoxy groups -OCH3 is 1. The number of thioether (sulfide) groups is 1. The van der Waals surface area contributed by atoms with Crippen molar-refractivity contribution in [3.05, 3.63) is 64.2 Å². The average Bonchev–Trinajstić information content (AvgIpc) is 2.48. The number of rotatable bonds is 2. The molecule has 0 fully saturated rings. The van der Waals surface area contributed by atoms with Crippen LogP contribution in [0.5, 0.6) is 5.75 Å². The molecule has 0 aliphatic carbocycles. The summed E-state index contributed by atoms with van der Waals surface area (Å²) < 4.78 is 6.31. The molecule has 4 heteroatoms. The predicted molar refractivity (Wildman–Crippen MR) is 90.4 cm³/mol. The summed E-state index contributed by atoms with van der Waals surface area (Å²) in [7, 11) is 1.69. The van der Waals surface area contributed by atoms with Crippen LogP contribution in [0.25, 0.3) is 0 Å². The number of benzene rings is 2. The first-order valence-electron chi connectivity index (χ1n) is 6.29. The van der Waals surface area contributed by atoms with Crippen LogP contribution < -0.4 is 4.74 Å². The Morgan fingerprint density at radius 2 is 1.95 bits per heavy atom. The highest BCUT2D eigenvalue weighted by Crippen LogP contribution is 2.39. The Balaban J connectivity index is 2.09. The Morgan fingerprint density at radius 1 is 1.20 bits per heavy atom. The molecule has 1 unspecified atom stereocenters. The summed E-state index contributed by atoms with van der Waals surface area (Å²) in [6.45, 7) is 0. The standard InChI is InChI=1S/C16H13ClOS2/c1-18-12-6-7-13-14(8-12)15(9-20-16(13)19)10-2-4-11(17)5-3-10/h2-8,15H,9H2,1H3. The minimum absolute atomic E-state index is 0.328. The number of thiocarbonyl (C=S) groups is 1. The molecular formula is C16H13ClOS2. The van der Waals surface area contributed by atoms with E-state index in [1.807, 2.05) is 18.2 Å². The van der Waals surface area contributed by atoms with Crippen molar-refractivity contribution in [3.8, 4) is 5.75 Å². The number of hydrogen-bond donors (Lipinski definition) is 0. The maximum atomic E-state index is 5.98. The maximum absolute atomic E-state index is 5.98. The van der Waals surface area contributed by atoms with Gasteiger partial charge in [0.05, 0.1) is 11.3 Å². The molecule has 20 heavy (non-hydrogen) atoms. The predicted octanol–water partition coefficient (Wildman–Crippen LogP) is 4.90. The van der Waals surface area contributed by atoms with Crippen molar-refractivity contribution in [1.82, 2.24) is 0 Å². The molecule has 3 rings (SSSR count). The van der Waals surface area contributed by atoms with Crippen LogP contribution in [-0.4, -0.2) is 17.1 Å². The van der Waals surface area contributed by atoms with Crippen LogP contribution in [0.1, 0.15) is 22.6 Å². The highest BCUT2D eigenvalue weighted by molar-refractivity contribution is 8.23. The van der Waals surface area contributed by atoms with Gasteiger partial charge in [-0.1, -0.05) is 36.0 Å². The van der Waals surface area contributed by atoms with E-state index in [-0.39, 0.29) is 0 Å². The van der Waals surface area contributed by atoms with E-state index in [0.29, 0.717) is 5.92 Å². The second-order valence-corrected chi connectivity index (χ2v) is 6.79. The summed E-state index contributed by atoms with van der Waals surface area (Å²) in [6.07, 6.45) is 0. The number of fused-ring (bicyclic) bond motifs is 1. The second kappa shape index (κ2) is 5.76. The van der Waals surface area contributed by atoms with Crippen molar-refractivity contribution < 1.29 is 4.74 Å². The van der Waals surface area contributed by atoms with Crippen LogP contribution in [-0.2, 0) is 0 Å². The van der Waals surface area contributed by atoms with Crippen molar-refractivity contribution in [1.29, 1.82) is 0 Å². The molecule has 102 valence electrons. The van der Waals surface area contributed by atoms with E-state index in [4.69, 9.17) is 28.6 Å². The Hall–Kier alpha value is -1.03. The summed E-state index contributed by atoms with van der Waals surface area (Å²) in [6, 6.07) is 14.2. The van der Waals surface area contributed by atoms with Gasteiger partial charge in [0.25, 0.3) is 0 Å². The van der Waals surface area contributed by atoms with Gasteiger partial charge in [-0.15, -0.1) is 11.8 Å². The monoisotopic (exact) mass is 320 g/mol. The molecule has 1 nitrogen and oxygen atoms in total. The lowest BCUT2D eigenvalue weighted by molar-refractivity contribution is 0.414. The van der Waals surface area contributed by atoms with E-state index >= 15 is 0 Å². The van der Waals surface area contributed by atoms with Crippen molar-refractivity contribution in [2.24, 2.45) is 0 Å². The van der Waals surface area contributed by atoms with Crippen molar-refractivity contribution in [2.75, 3.05) is 12.9 Å². The number of ether oxygens (including phenoxy) is 1. The SMILES string of the molecule is COc1ccc2c(c1)C(c1ccc(Cl)cc1)CSC2=S. The van der Waals surface area contributed by atoms with Crippen molar-refractivity contribution in [2.45, 2.75) is 5.92 Å². The van der Waals surface area contributed by atoms with Gasteiger partial charge in [0.15, 0.2) is 0 Å². The van der Waals surface area contributed by atoms with E-state index in [2.05, 4.69) is 24.3 Å². The van der Waals surface area contributed by atoms with Crippen LogP contribution >= 0.6 is 35.6 Å². The minimum Gasteiger partial charge on any atom is -0.497 e. The van der Waals surface area contributed by atoms with Gasteiger partial charge in [-0.2, -0.15) is 0 Å². The number of hydrogen-bond acceptors (Lipinski definition) is 3. The molecule has 0 bridgehead atoms. The molecule has 1 aliphatic rings. The topological polar surface area (TPSA) is 9.23 Å². The van der Waals surface area contributed by atoms with E-state index in [1.165, 1.54) is 11.1 Å². The second-order valence-electron chi connectivity index (χ2n) is 4.66. The molecule has 0 aromatic heterocycles. The Labute approximate surface area is 133 Å². The van der Waals surface area contributed by atoms with Crippen LogP contribution in [0, 0.1) is 0 Å². The Morgan fingerprint density at radius 3 is 2.65 bits per heavy atom. The summed E-state index contributed by atoms with van der Waals surface area (Å²) in [5.41, 5.74) is 3.66. The van der Waals surface area contributed by atoms with Crippen LogP contribution in [0.15, 0.2) is 42.5 Å². The first kappa shape index (κ1) is 13.9. The van der Waals surface area contributed by atoms with Gasteiger partial charge in [-0.25, -0.2) is 0 Å². The molecule has 1 aliphatic heterocycles. The van der Waals surface area contributed by atoms with E-state index in [9.17, 15) is 0 Å². The van der Waals surface area contributed by atoms with Gasteiger partial charge in [0.1, 0.15) is 5.75 Å². The Kier molecular flexibility index (Phi) is 4.01. The fourth-order valence-corrected chi connectivity index (χ4v) is 3.99. The zero-order valence-corrected chi connectivity index (χ0v) is 13.3. The first-order valence-corrected chi connectivity index (χ1v) is 8.07. The van der Waals surface area contributed by atoms with Gasteiger partial charge < -0.3 is 4.74 Å². The normalized spacial score (nSPS) is 17.7. The maximum Gasteiger partial charge on any atom is 0.119 e. The fourth-order valence-electron chi connectivity index (χ4n) is 2.44. The van der Waals surface area contributed by atoms with Crippen LogP contribution in [0.4, 0.5) is 0 Å². The molecule has 2 aromatic carbocycles. The first-order chi connectivity index (χ1) is 9.69. The summed E-state index contributed by atoms with van der Waals surface area (Å²) in [5.74, 6) is 2.16. The highest BCUT2D eigenvalue weighted by Gasteiger charge is 2.25. The molecule has 1 atom stereocenters. The lowest BCUT2D eigenvalue weighted by atomic mass is 9.89.